The van der Waals surface area contributed by atoms with Gasteiger partial charge >= 0.3 is 0 Å². The molecule has 0 fully saturated rings. The van der Waals surface area contributed by atoms with E-state index in [0.29, 0.717) is 0 Å². The number of hydrogen-bond donors (Lipinski definition) is 0. The summed E-state index contributed by atoms with van der Waals surface area (Å²) in [7, 11) is 0. The molecule has 262 valence electrons. The van der Waals surface area contributed by atoms with E-state index in [9.17, 15) is 0 Å². The highest BCUT2D eigenvalue weighted by Gasteiger charge is 2.23. The minimum absolute atomic E-state index is 0.877. The number of fused-ring (bicyclic) bond motifs is 11. The quantitative estimate of drug-likeness (QED) is 0.176. The lowest BCUT2D eigenvalue weighted by Gasteiger charge is -2.27. The standard InChI is InChI=1S/C52H32N2OS/c1-2-13-36(14-3-1)53-44-19-8-6-16-39(44)43-32-35(27-31-45(43)53)33-24-28-37(29-25-33)54(47-21-10-18-41-40-17-7-9-23-49(40)56-52(41)47)46-20-11-22-48-50(46)42-30-26-34-12-4-5-15-38(34)51(42)55-48/h1-32H. The molecule has 56 heavy (non-hydrogen) atoms. The molecule has 0 atom stereocenters. The SMILES string of the molecule is c1ccc(-n2c3ccccc3c3cc(-c4ccc(N(c5cccc6c5sc5ccccc56)c5cccc6oc7c8ccccc8ccc7c56)cc4)ccc32)cc1. The second-order valence-corrected chi connectivity index (χ2v) is 15.5. The third kappa shape index (κ3) is 4.63. The first-order valence-electron chi connectivity index (χ1n) is 19.0. The van der Waals surface area contributed by atoms with E-state index in [1.165, 1.54) is 58.5 Å². The van der Waals surface area contributed by atoms with Crippen molar-refractivity contribution in [1.29, 1.82) is 0 Å². The molecule has 0 N–H and O–H groups in total. The van der Waals surface area contributed by atoms with Crippen LogP contribution in [0.5, 0.6) is 0 Å². The fraction of sp³-hybridized carbons (Fsp3) is 0. The lowest BCUT2D eigenvalue weighted by atomic mass is 10.0. The first-order chi connectivity index (χ1) is 27.8. The van der Waals surface area contributed by atoms with Gasteiger partial charge in [0.15, 0.2) is 0 Å². The molecule has 0 radical (unpaired) electrons. The summed E-state index contributed by atoms with van der Waals surface area (Å²) in [4.78, 5) is 2.44. The maximum absolute atomic E-state index is 6.71. The Morgan fingerprint density at radius 1 is 0.446 bits per heavy atom. The summed E-state index contributed by atoms with van der Waals surface area (Å²) in [6.07, 6.45) is 0. The largest absolute Gasteiger partial charge is 0.455 e. The van der Waals surface area contributed by atoms with Crippen LogP contribution in [0.15, 0.2) is 199 Å². The molecule has 0 unspecified atom stereocenters. The van der Waals surface area contributed by atoms with Crippen LogP contribution >= 0.6 is 11.3 Å². The third-order valence-electron chi connectivity index (χ3n) is 11.4. The van der Waals surface area contributed by atoms with Crippen molar-refractivity contribution in [3.05, 3.63) is 194 Å². The van der Waals surface area contributed by atoms with E-state index in [4.69, 9.17) is 4.42 Å². The zero-order valence-electron chi connectivity index (χ0n) is 30.2. The molecule has 0 aliphatic heterocycles. The van der Waals surface area contributed by atoms with Crippen molar-refractivity contribution in [2.75, 3.05) is 4.90 Å². The van der Waals surface area contributed by atoms with Crippen LogP contribution in [0, 0.1) is 0 Å². The minimum Gasteiger partial charge on any atom is -0.455 e. The van der Waals surface area contributed by atoms with E-state index in [1.54, 1.807) is 0 Å². The molecule has 0 amide bonds. The predicted molar refractivity (Wildman–Crippen MR) is 239 cm³/mol. The van der Waals surface area contributed by atoms with Gasteiger partial charge < -0.3 is 13.9 Å². The van der Waals surface area contributed by atoms with Crippen molar-refractivity contribution in [3.8, 4) is 16.8 Å². The molecular formula is C52H32N2OS. The van der Waals surface area contributed by atoms with Crippen LogP contribution in [0.1, 0.15) is 0 Å². The van der Waals surface area contributed by atoms with Gasteiger partial charge in [0.1, 0.15) is 11.2 Å². The highest BCUT2D eigenvalue weighted by Crippen LogP contribution is 2.49. The van der Waals surface area contributed by atoms with Gasteiger partial charge in [-0.25, -0.2) is 0 Å². The van der Waals surface area contributed by atoms with Crippen LogP contribution in [0.25, 0.3) is 91.5 Å². The highest BCUT2D eigenvalue weighted by atomic mass is 32.1. The summed E-state index contributed by atoms with van der Waals surface area (Å²) in [6.45, 7) is 0. The third-order valence-corrected chi connectivity index (χ3v) is 12.6. The highest BCUT2D eigenvalue weighted by molar-refractivity contribution is 7.26. The normalized spacial score (nSPS) is 11.9. The van der Waals surface area contributed by atoms with Crippen molar-refractivity contribution < 1.29 is 4.42 Å². The van der Waals surface area contributed by atoms with Gasteiger partial charge in [-0.3, -0.25) is 0 Å². The van der Waals surface area contributed by atoms with Crippen molar-refractivity contribution in [2.45, 2.75) is 0 Å². The first kappa shape index (κ1) is 31.2. The zero-order valence-corrected chi connectivity index (χ0v) is 31.0. The maximum atomic E-state index is 6.71. The van der Waals surface area contributed by atoms with E-state index < -0.39 is 0 Å². The zero-order chi connectivity index (χ0) is 36.7. The van der Waals surface area contributed by atoms with Gasteiger partial charge in [-0.2, -0.15) is 0 Å². The fourth-order valence-electron chi connectivity index (χ4n) is 8.85. The average Bonchev–Trinajstić information content (AvgIpc) is 3.95. The minimum atomic E-state index is 0.877. The molecule has 0 bridgehead atoms. The van der Waals surface area contributed by atoms with Gasteiger partial charge in [-0.1, -0.05) is 121 Å². The Morgan fingerprint density at radius 3 is 2.04 bits per heavy atom. The van der Waals surface area contributed by atoms with Crippen LogP contribution in [-0.2, 0) is 0 Å². The second kappa shape index (κ2) is 12.2. The summed E-state index contributed by atoms with van der Waals surface area (Å²) in [6, 6.07) is 70.1. The molecule has 3 heterocycles. The molecule has 0 aliphatic carbocycles. The Kier molecular flexibility index (Phi) is 6.80. The van der Waals surface area contributed by atoms with Gasteiger partial charge in [-0.15, -0.1) is 11.3 Å². The Hall–Kier alpha value is -7.14. The number of benzene rings is 9. The van der Waals surface area contributed by atoms with Crippen molar-refractivity contribution >= 4 is 103 Å². The van der Waals surface area contributed by atoms with E-state index >= 15 is 0 Å². The Balaban J connectivity index is 1.06. The van der Waals surface area contributed by atoms with Crippen molar-refractivity contribution in [1.82, 2.24) is 4.57 Å². The Bertz CT molecular complexity index is 3480. The van der Waals surface area contributed by atoms with Crippen LogP contribution in [0.3, 0.4) is 0 Å². The summed E-state index contributed by atoms with van der Waals surface area (Å²) in [5, 5.41) is 9.56. The molecule has 3 aromatic heterocycles. The number of rotatable bonds is 5. The number of aromatic nitrogens is 1. The topological polar surface area (TPSA) is 21.3 Å². The molecule has 0 aliphatic rings. The predicted octanol–water partition coefficient (Wildman–Crippen LogP) is 15.3. The van der Waals surface area contributed by atoms with Gasteiger partial charge in [0.25, 0.3) is 0 Å². The smallest absolute Gasteiger partial charge is 0.143 e. The molecular weight excluding hydrogens is 701 g/mol. The lowest BCUT2D eigenvalue weighted by Crippen LogP contribution is -2.10. The number of nitrogens with zero attached hydrogens (tertiary/aromatic N) is 2. The van der Waals surface area contributed by atoms with Crippen molar-refractivity contribution in [2.24, 2.45) is 0 Å². The Labute approximate surface area is 326 Å². The van der Waals surface area contributed by atoms with Crippen molar-refractivity contribution in [3.63, 3.8) is 0 Å². The van der Waals surface area contributed by atoms with Gasteiger partial charge in [-0.05, 0) is 89.3 Å². The van der Waals surface area contributed by atoms with E-state index in [0.717, 1.165) is 50.1 Å². The van der Waals surface area contributed by atoms with Crippen LogP contribution in [-0.4, -0.2) is 4.57 Å². The summed E-state index contributed by atoms with van der Waals surface area (Å²) < 4.78 is 11.6. The Morgan fingerprint density at radius 2 is 1.14 bits per heavy atom. The fourth-order valence-corrected chi connectivity index (χ4v) is 10.1. The second-order valence-electron chi connectivity index (χ2n) is 14.5. The van der Waals surface area contributed by atoms with Gasteiger partial charge in [0, 0.05) is 48.4 Å². The average molecular weight is 733 g/mol. The summed E-state index contributed by atoms with van der Waals surface area (Å²) in [5.74, 6) is 0. The number of anilines is 3. The number of hydrogen-bond acceptors (Lipinski definition) is 3. The summed E-state index contributed by atoms with van der Waals surface area (Å²) >= 11 is 1.85. The lowest BCUT2D eigenvalue weighted by molar-refractivity contribution is 0.672. The molecule has 0 spiro atoms. The molecule has 9 aromatic carbocycles. The molecule has 12 rings (SSSR count). The monoisotopic (exact) mass is 732 g/mol. The maximum Gasteiger partial charge on any atom is 0.143 e. The molecule has 3 nitrogen and oxygen atoms in total. The summed E-state index contributed by atoms with van der Waals surface area (Å²) in [5.41, 5.74) is 11.1. The molecule has 12 aromatic rings. The molecule has 0 saturated heterocycles. The van der Waals surface area contributed by atoms with Crippen LogP contribution in [0.4, 0.5) is 17.1 Å². The number of para-hydroxylation sites is 2. The molecule has 0 saturated carbocycles. The van der Waals surface area contributed by atoms with Crippen LogP contribution < -0.4 is 4.90 Å². The van der Waals surface area contributed by atoms with E-state index in [-0.39, 0.29) is 0 Å². The van der Waals surface area contributed by atoms with Gasteiger partial charge in [0.2, 0.25) is 0 Å². The van der Waals surface area contributed by atoms with Gasteiger partial charge in [0.05, 0.1) is 32.5 Å². The van der Waals surface area contributed by atoms with E-state index in [2.05, 4.69) is 204 Å². The number of thiophene rings is 1. The van der Waals surface area contributed by atoms with E-state index in [1.807, 2.05) is 11.3 Å². The first-order valence-corrected chi connectivity index (χ1v) is 19.8. The molecule has 4 heteroatoms. The number of furan rings is 1. The van der Waals surface area contributed by atoms with Crippen LogP contribution in [0.2, 0.25) is 0 Å².